The highest BCUT2D eigenvalue weighted by molar-refractivity contribution is 7.80. The molecule has 0 saturated heterocycles. The summed E-state index contributed by atoms with van der Waals surface area (Å²) in [5, 5.41) is 0.571. The molecule has 1 aromatic heterocycles. The van der Waals surface area contributed by atoms with Gasteiger partial charge in [-0.15, -0.1) is 0 Å². The van der Waals surface area contributed by atoms with Gasteiger partial charge in [-0.2, -0.15) is 12.6 Å². The van der Waals surface area contributed by atoms with Crippen molar-refractivity contribution in [2.45, 2.75) is 12.8 Å². The van der Waals surface area contributed by atoms with Gasteiger partial charge in [-0.05, 0) is 30.7 Å². The third-order valence-electron chi connectivity index (χ3n) is 1.36. The first-order valence-corrected chi connectivity index (χ1v) is 4.56. The van der Waals surface area contributed by atoms with Crippen LogP contribution in [0.2, 0.25) is 5.15 Å². The van der Waals surface area contributed by atoms with Crippen molar-refractivity contribution in [1.82, 2.24) is 4.98 Å². The van der Waals surface area contributed by atoms with Gasteiger partial charge < -0.3 is 0 Å². The Bertz CT molecular complexity index is 227. The zero-order chi connectivity index (χ0) is 8.10. The first-order chi connectivity index (χ1) is 5.33. The van der Waals surface area contributed by atoms with Crippen LogP contribution in [0.1, 0.15) is 12.1 Å². The first kappa shape index (κ1) is 8.88. The van der Waals surface area contributed by atoms with Crippen molar-refractivity contribution in [2.24, 2.45) is 0 Å². The van der Waals surface area contributed by atoms with Crippen molar-refractivity contribution in [3.8, 4) is 0 Å². The van der Waals surface area contributed by atoms with Gasteiger partial charge >= 0.3 is 0 Å². The molecule has 11 heavy (non-hydrogen) atoms. The second kappa shape index (κ2) is 4.62. The molecule has 0 fully saturated rings. The molecule has 0 amide bonds. The normalized spacial score (nSPS) is 10.0. The summed E-state index contributed by atoms with van der Waals surface area (Å²) >= 11 is 9.81. The lowest BCUT2D eigenvalue weighted by atomic mass is 10.2. The Morgan fingerprint density at radius 2 is 2.27 bits per heavy atom. The largest absolute Gasteiger partial charge is 0.241 e. The molecule has 1 rings (SSSR count). The fourth-order valence-corrected chi connectivity index (χ4v) is 1.19. The fraction of sp³-hybridized carbons (Fsp3) is 0.375. The van der Waals surface area contributed by atoms with Crippen molar-refractivity contribution >= 4 is 24.2 Å². The highest BCUT2D eigenvalue weighted by Gasteiger charge is 1.93. The zero-order valence-electron chi connectivity index (χ0n) is 6.13. The molecule has 0 radical (unpaired) electrons. The van der Waals surface area contributed by atoms with E-state index in [1.165, 1.54) is 0 Å². The van der Waals surface area contributed by atoms with Crippen LogP contribution in [0.15, 0.2) is 18.2 Å². The average molecular weight is 188 g/mol. The van der Waals surface area contributed by atoms with E-state index in [4.69, 9.17) is 11.6 Å². The Morgan fingerprint density at radius 1 is 1.45 bits per heavy atom. The van der Waals surface area contributed by atoms with Crippen LogP contribution in [-0.4, -0.2) is 10.7 Å². The van der Waals surface area contributed by atoms with Crippen LogP contribution < -0.4 is 0 Å². The summed E-state index contributed by atoms with van der Waals surface area (Å²) in [6, 6.07) is 5.68. The third-order valence-corrected chi connectivity index (χ3v) is 1.89. The molecular formula is C8H10ClNS. The van der Waals surface area contributed by atoms with E-state index in [0.29, 0.717) is 5.15 Å². The molecule has 0 aliphatic rings. The predicted molar refractivity (Wildman–Crippen MR) is 51.4 cm³/mol. The van der Waals surface area contributed by atoms with Crippen LogP contribution in [0.25, 0.3) is 0 Å². The average Bonchev–Trinajstić information content (AvgIpc) is 2.01. The van der Waals surface area contributed by atoms with E-state index >= 15 is 0 Å². The van der Waals surface area contributed by atoms with E-state index in [9.17, 15) is 0 Å². The minimum Gasteiger partial charge on any atom is -0.241 e. The zero-order valence-corrected chi connectivity index (χ0v) is 7.78. The molecule has 3 heteroatoms. The van der Waals surface area contributed by atoms with E-state index in [2.05, 4.69) is 17.6 Å². The Labute approximate surface area is 77.2 Å². The molecule has 0 aliphatic heterocycles. The summed E-state index contributed by atoms with van der Waals surface area (Å²) in [7, 11) is 0. The van der Waals surface area contributed by atoms with Gasteiger partial charge in [0, 0.05) is 5.69 Å². The quantitative estimate of drug-likeness (QED) is 0.567. The van der Waals surface area contributed by atoms with Gasteiger partial charge in [0.1, 0.15) is 5.15 Å². The summed E-state index contributed by atoms with van der Waals surface area (Å²) < 4.78 is 0. The molecule has 0 spiro atoms. The lowest BCUT2D eigenvalue weighted by molar-refractivity contribution is 0.894. The summed E-state index contributed by atoms with van der Waals surface area (Å²) in [5.41, 5.74) is 1.05. The minimum atomic E-state index is 0.571. The van der Waals surface area contributed by atoms with Crippen molar-refractivity contribution in [1.29, 1.82) is 0 Å². The molecule has 1 aromatic rings. The summed E-state index contributed by atoms with van der Waals surface area (Å²) in [6.45, 7) is 0. The maximum atomic E-state index is 5.69. The minimum absolute atomic E-state index is 0.571. The molecule has 0 saturated carbocycles. The van der Waals surface area contributed by atoms with Gasteiger partial charge in [0.2, 0.25) is 0 Å². The topological polar surface area (TPSA) is 12.9 Å². The predicted octanol–water partition coefficient (Wildman–Crippen LogP) is 2.60. The Hall–Kier alpha value is -0.210. The highest BCUT2D eigenvalue weighted by atomic mass is 35.5. The number of pyridine rings is 1. The molecular weight excluding hydrogens is 178 g/mol. The summed E-state index contributed by atoms with van der Waals surface area (Å²) in [5.74, 6) is 0.897. The number of hydrogen-bond acceptors (Lipinski definition) is 2. The van der Waals surface area contributed by atoms with Crippen LogP contribution in [-0.2, 0) is 6.42 Å². The number of aryl methyl sites for hydroxylation is 1. The fourth-order valence-electron chi connectivity index (χ4n) is 0.850. The Balaban J connectivity index is 2.56. The summed E-state index contributed by atoms with van der Waals surface area (Å²) in [4.78, 5) is 4.14. The molecule has 0 unspecified atom stereocenters. The lowest BCUT2D eigenvalue weighted by Gasteiger charge is -1.97. The van der Waals surface area contributed by atoms with Gasteiger partial charge in [-0.1, -0.05) is 17.7 Å². The Kier molecular flexibility index (Phi) is 3.73. The van der Waals surface area contributed by atoms with Crippen LogP contribution in [0, 0.1) is 0 Å². The number of aromatic nitrogens is 1. The van der Waals surface area contributed by atoms with Gasteiger partial charge in [0.25, 0.3) is 0 Å². The molecule has 0 N–H and O–H groups in total. The second-order valence-electron chi connectivity index (χ2n) is 2.28. The van der Waals surface area contributed by atoms with Crippen molar-refractivity contribution in [3.05, 3.63) is 29.0 Å². The van der Waals surface area contributed by atoms with Crippen LogP contribution >= 0.6 is 24.2 Å². The molecule has 0 atom stereocenters. The standard InChI is InChI=1S/C8H10ClNS/c9-8-5-1-3-7(10-8)4-2-6-11/h1,3,5,11H,2,4,6H2. The van der Waals surface area contributed by atoms with Crippen molar-refractivity contribution in [3.63, 3.8) is 0 Å². The first-order valence-electron chi connectivity index (χ1n) is 3.55. The molecule has 1 nitrogen and oxygen atoms in total. The van der Waals surface area contributed by atoms with E-state index < -0.39 is 0 Å². The number of nitrogens with zero attached hydrogens (tertiary/aromatic N) is 1. The number of thiol groups is 1. The van der Waals surface area contributed by atoms with Gasteiger partial charge in [0.15, 0.2) is 0 Å². The van der Waals surface area contributed by atoms with E-state index in [0.717, 1.165) is 24.3 Å². The Morgan fingerprint density at radius 3 is 2.91 bits per heavy atom. The molecule has 0 aromatic carbocycles. The van der Waals surface area contributed by atoms with Crippen molar-refractivity contribution in [2.75, 3.05) is 5.75 Å². The molecule has 60 valence electrons. The van der Waals surface area contributed by atoms with Crippen LogP contribution in [0.3, 0.4) is 0 Å². The monoisotopic (exact) mass is 187 g/mol. The van der Waals surface area contributed by atoms with E-state index in [1.54, 1.807) is 6.07 Å². The molecule has 0 aliphatic carbocycles. The number of hydrogen-bond donors (Lipinski definition) is 1. The third kappa shape index (κ3) is 3.12. The van der Waals surface area contributed by atoms with Gasteiger partial charge in [0.05, 0.1) is 0 Å². The molecule has 1 heterocycles. The van der Waals surface area contributed by atoms with Crippen molar-refractivity contribution < 1.29 is 0 Å². The highest BCUT2D eigenvalue weighted by Crippen LogP contribution is 2.06. The lowest BCUT2D eigenvalue weighted by Crippen LogP contribution is -1.90. The van der Waals surface area contributed by atoms with Gasteiger partial charge in [-0.25, -0.2) is 4.98 Å². The maximum Gasteiger partial charge on any atom is 0.129 e. The van der Waals surface area contributed by atoms with Gasteiger partial charge in [-0.3, -0.25) is 0 Å². The summed E-state index contributed by atoms with van der Waals surface area (Å²) in [6.07, 6.45) is 2.01. The maximum absolute atomic E-state index is 5.69. The smallest absolute Gasteiger partial charge is 0.129 e. The second-order valence-corrected chi connectivity index (χ2v) is 3.11. The van der Waals surface area contributed by atoms with E-state index in [1.807, 2.05) is 12.1 Å². The van der Waals surface area contributed by atoms with E-state index in [-0.39, 0.29) is 0 Å². The number of halogens is 1. The SMILES string of the molecule is SCCCc1cccc(Cl)n1. The van der Waals surface area contributed by atoms with Crippen LogP contribution in [0.4, 0.5) is 0 Å². The molecule has 0 bridgehead atoms. The van der Waals surface area contributed by atoms with Crippen LogP contribution in [0.5, 0.6) is 0 Å². The number of rotatable bonds is 3.